The molecule has 2 aliphatic carbocycles. The first-order chi connectivity index (χ1) is 8.24. The van der Waals surface area contributed by atoms with Crippen molar-refractivity contribution in [1.82, 2.24) is 5.32 Å². The van der Waals surface area contributed by atoms with E-state index in [9.17, 15) is 0 Å². The third-order valence-corrected chi connectivity index (χ3v) is 5.70. The molecule has 0 saturated heterocycles. The number of ether oxygens (including phenoxy) is 2. The molecule has 1 N–H and O–H groups in total. The van der Waals surface area contributed by atoms with Crippen molar-refractivity contribution in [2.45, 2.75) is 55.6 Å². The molecule has 100 valence electrons. The van der Waals surface area contributed by atoms with Gasteiger partial charge < -0.3 is 14.8 Å². The Balaban J connectivity index is 1.73. The minimum atomic E-state index is 0.244. The van der Waals surface area contributed by atoms with E-state index in [1.165, 1.54) is 19.3 Å². The molecule has 0 amide bonds. The highest BCUT2D eigenvalue weighted by Gasteiger charge is 2.44. The third-order valence-electron chi connectivity index (χ3n) is 4.29. The summed E-state index contributed by atoms with van der Waals surface area (Å²) in [7, 11) is 1.79. The predicted molar refractivity (Wildman–Crippen MR) is 72.7 cm³/mol. The summed E-state index contributed by atoms with van der Waals surface area (Å²) in [5.41, 5.74) is 0. The molecule has 3 atom stereocenters. The van der Waals surface area contributed by atoms with E-state index in [4.69, 9.17) is 9.47 Å². The Morgan fingerprint density at radius 2 is 2.18 bits per heavy atom. The normalized spacial score (nSPS) is 35.1. The second-order valence-electron chi connectivity index (χ2n) is 5.16. The monoisotopic (exact) mass is 259 g/mol. The van der Waals surface area contributed by atoms with E-state index in [1.807, 2.05) is 18.7 Å². The fraction of sp³-hybridized carbons (Fsp3) is 1.00. The van der Waals surface area contributed by atoms with Gasteiger partial charge in [0.2, 0.25) is 0 Å². The van der Waals surface area contributed by atoms with E-state index in [-0.39, 0.29) is 6.10 Å². The lowest BCUT2D eigenvalue weighted by molar-refractivity contribution is -0.131. The lowest BCUT2D eigenvalue weighted by Gasteiger charge is -2.47. The zero-order chi connectivity index (χ0) is 12.3. The molecule has 0 aromatic rings. The van der Waals surface area contributed by atoms with Crippen LogP contribution in [-0.2, 0) is 9.47 Å². The van der Waals surface area contributed by atoms with Crippen LogP contribution in [0.5, 0.6) is 0 Å². The molecule has 17 heavy (non-hydrogen) atoms. The molecule has 3 unspecified atom stereocenters. The van der Waals surface area contributed by atoms with Crippen LogP contribution in [0.2, 0.25) is 0 Å². The molecular formula is C13H25NO2S. The molecule has 2 fully saturated rings. The number of rotatable bonds is 7. The van der Waals surface area contributed by atoms with Crippen molar-refractivity contribution in [1.29, 1.82) is 0 Å². The van der Waals surface area contributed by atoms with E-state index in [2.05, 4.69) is 11.6 Å². The Hall–Kier alpha value is 0.230. The number of thioether (sulfide) groups is 1. The molecule has 0 spiro atoms. The summed E-state index contributed by atoms with van der Waals surface area (Å²) in [5.74, 6) is 0. The van der Waals surface area contributed by atoms with Crippen molar-refractivity contribution in [3.8, 4) is 0 Å². The minimum Gasteiger partial charge on any atom is -0.377 e. The average Bonchev–Trinajstić information content (AvgIpc) is 2.25. The first kappa shape index (κ1) is 13.7. The van der Waals surface area contributed by atoms with E-state index in [0.717, 1.165) is 19.6 Å². The van der Waals surface area contributed by atoms with Gasteiger partial charge in [0.1, 0.15) is 0 Å². The highest BCUT2D eigenvalue weighted by molar-refractivity contribution is 8.00. The Kier molecular flexibility index (Phi) is 4.75. The Bertz CT molecular complexity index is 240. The molecule has 0 radical (unpaired) electrons. The van der Waals surface area contributed by atoms with Crippen LogP contribution in [0.4, 0.5) is 0 Å². The van der Waals surface area contributed by atoms with Gasteiger partial charge in [-0.3, -0.25) is 0 Å². The summed E-state index contributed by atoms with van der Waals surface area (Å²) < 4.78 is 11.7. The predicted octanol–water partition coefficient (Wildman–Crippen LogP) is 2.05. The van der Waals surface area contributed by atoms with Crippen LogP contribution in [0.25, 0.3) is 0 Å². The fourth-order valence-electron chi connectivity index (χ4n) is 2.82. The van der Waals surface area contributed by atoms with E-state index in [0.29, 0.717) is 16.9 Å². The second kappa shape index (κ2) is 5.91. The topological polar surface area (TPSA) is 30.5 Å². The molecule has 2 aliphatic rings. The van der Waals surface area contributed by atoms with Crippen molar-refractivity contribution in [2.24, 2.45) is 0 Å². The van der Waals surface area contributed by atoms with Crippen LogP contribution in [-0.4, -0.2) is 49.5 Å². The summed E-state index contributed by atoms with van der Waals surface area (Å²) in [6.45, 7) is 3.95. The molecule has 0 aromatic carbocycles. The lowest BCUT2D eigenvalue weighted by Crippen LogP contribution is -2.62. The van der Waals surface area contributed by atoms with Gasteiger partial charge in [-0.2, -0.15) is 11.8 Å². The molecule has 2 saturated carbocycles. The smallest absolute Gasteiger partial charge is 0.0986 e. The standard InChI is InChI=1S/C13H25NO2S/c1-4-16-11-8-10(12(11)15-2)14-9-13(17-3)6-5-7-13/h10-12,14H,4-9H2,1-3H3. The van der Waals surface area contributed by atoms with Gasteiger partial charge in [-0.05, 0) is 32.4 Å². The number of hydrogen-bond donors (Lipinski definition) is 1. The van der Waals surface area contributed by atoms with Crippen LogP contribution in [0.15, 0.2) is 0 Å². The van der Waals surface area contributed by atoms with Crippen molar-refractivity contribution in [3.05, 3.63) is 0 Å². The highest BCUT2D eigenvalue weighted by atomic mass is 32.2. The van der Waals surface area contributed by atoms with Gasteiger partial charge in [-0.25, -0.2) is 0 Å². The number of nitrogens with one attached hydrogen (secondary N) is 1. The van der Waals surface area contributed by atoms with Gasteiger partial charge >= 0.3 is 0 Å². The zero-order valence-electron chi connectivity index (χ0n) is 11.2. The number of hydrogen-bond acceptors (Lipinski definition) is 4. The van der Waals surface area contributed by atoms with E-state index in [1.54, 1.807) is 7.11 Å². The summed E-state index contributed by atoms with van der Waals surface area (Å²) in [6, 6.07) is 0.487. The van der Waals surface area contributed by atoms with E-state index >= 15 is 0 Å². The molecule has 4 heteroatoms. The van der Waals surface area contributed by atoms with Gasteiger partial charge in [0, 0.05) is 31.1 Å². The largest absolute Gasteiger partial charge is 0.377 e. The molecule has 0 aliphatic heterocycles. The molecule has 3 nitrogen and oxygen atoms in total. The van der Waals surface area contributed by atoms with Gasteiger partial charge in [0.25, 0.3) is 0 Å². The van der Waals surface area contributed by atoms with Crippen LogP contribution < -0.4 is 5.32 Å². The van der Waals surface area contributed by atoms with Crippen LogP contribution >= 0.6 is 11.8 Å². The summed E-state index contributed by atoms with van der Waals surface area (Å²) >= 11 is 2.02. The maximum Gasteiger partial charge on any atom is 0.0986 e. The molecule has 0 bridgehead atoms. The Labute approximate surface area is 109 Å². The van der Waals surface area contributed by atoms with Crippen molar-refractivity contribution in [3.63, 3.8) is 0 Å². The van der Waals surface area contributed by atoms with Gasteiger partial charge in [0.15, 0.2) is 0 Å². The minimum absolute atomic E-state index is 0.244. The molecular weight excluding hydrogens is 234 g/mol. The van der Waals surface area contributed by atoms with Crippen molar-refractivity contribution < 1.29 is 9.47 Å². The highest BCUT2D eigenvalue weighted by Crippen LogP contribution is 2.42. The van der Waals surface area contributed by atoms with Crippen LogP contribution in [0.1, 0.15) is 32.6 Å². The van der Waals surface area contributed by atoms with E-state index < -0.39 is 0 Å². The summed E-state index contributed by atoms with van der Waals surface area (Å²) in [6.07, 6.45) is 7.99. The quantitative estimate of drug-likeness (QED) is 0.758. The summed E-state index contributed by atoms with van der Waals surface area (Å²) in [4.78, 5) is 0. The SMILES string of the molecule is CCOC1CC(NCC2(SC)CCC2)C1OC. The van der Waals surface area contributed by atoms with Gasteiger partial charge in [-0.1, -0.05) is 6.42 Å². The lowest BCUT2D eigenvalue weighted by atomic mass is 9.81. The van der Waals surface area contributed by atoms with Crippen molar-refractivity contribution in [2.75, 3.05) is 26.5 Å². The molecule has 0 aromatic heterocycles. The maximum atomic E-state index is 5.64. The van der Waals surface area contributed by atoms with Crippen LogP contribution in [0.3, 0.4) is 0 Å². The summed E-state index contributed by atoms with van der Waals surface area (Å²) in [5, 5.41) is 3.68. The zero-order valence-corrected chi connectivity index (χ0v) is 12.0. The molecule has 0 heterocycles. The first-order valence-corrected chi connectivity index (χ1v) is 7.90. The second-order valence-corrected chi connectivity index (χ2v) is 6.43. The Morgan fingerprint density at radius 1 is 1.41 bits per heavy atom. The van der Waals surface area contributed by atoms with Crippen LogP contribution in [0, 0.1) is 0 Å². The third kappa shape index (κ3) is 2.80. The Morgan fingerprint density at radius 3 is 2.65 bits per heavy atom. The maximum absolute atomic E-state index is 5.64. The molecule has 2 rings (SSSR count). The van der Waals surface area contributed by atoms with Crippen molar-refractivity contribution >= 4 is 11.8 Å². The average molecular weight is 259 g/mol. The first-order valence-electron chi connectivity index (χ1n) is 6.67. The van der Waals surface area contributed by atoms with Gasteiger partial charge in [-0.15, -0.1) is 0 Å². The fourth-order valence-corrected chi connectivity index (χ4v) is 3.74. The number of methoxy groups -OCH3 is 1. The van der Waals surface area contributed by atoms with Gasteiger partial charge in [0.05, 0.1) is 12.2 Å².